The molecule has 0 unspecified atom stereocenters. The summed E-state index contributed by atoms with van der Waals surface area (Å²) in [6, 6.07) is 12.4. The highest BCUT2D eigenvalue weighted by atomic mass is 79.9. The first-order chi connectivity index (χ1) is 11.5. The van der Waals surface area contributed by atoms with Crippen LogP contribution in [0.4, 0.5) is 4.39 Å². The molecule has 0 aliphatic heterocycles. The van der Waals surface area contributed by atoms with Gasteiger partial charge in [-0.15, -0.1) is 0 Å². The van der Waals surface area contributed by atoms with E-state index in [0.29, 0.717) is 12.0 Å². The average molecular weight is 394 g/mol. The van der Waals surface area contributed by atoms with Crippen molar-refractivity contribution in [3.05, 3.63) is 69.9 Å². The van der Waals surface area contributed by atoms with Crippen molar-refractivity contribution in [1.29, 1.82) is 0 Å². The van der Waals surface area contributed by atoms with Gasteiger partial charge in [-0.25, -0.2) is 9.18 Å². The second-order valence-electron chi connectivity index (χ2n) is 5.28. The Morgan fingerprint density at radius 1 is 1.17 bits per heavy atom. The van der Waals surface area contributed by atoms with Gasteiger partial charge in [0, 0.05) is 10.9 Å². The van der Waals surface area contributed by atoms with Crippen molar-refractivity contribution < 1.29 is 18.7 Å². The molecule has 126 valence electrons. The molecule has 24 heavy (non-hydrogen) atoms. The molecule has 2 rings (SSSR count). The molecule has 1 atom stereocenters. The van der Waals surface area contributed by atoms with E-state index < -0.39 is 12.0 Å². The van der Waals surface area contributed by atoms with Crippen LogP contribution in [0.5, 0.6) is 0 Å². The van der Waals surface area contributed by atoms with Gasteiger partial charge < -0.3 is 10.1 Å². The minimum atomic E-state index is -0.780. The van der Waals surface area contributed by atoms with E-state index in [0.717, 1.165) is 10.0 Å². The number of methoxy groups -OCH3 is 1. The molecule has 0 saturated heterocycles. The topological polar surface area (TPSA) is 55.4 Å². The monoisotopic (exact) mass is 393 g/mol. The predicted molar refractivity (Wildman–Crippen MR) is 91.9 cm³/mol. The number of nitrogens with one attached hydrogen (secondary N) is 1. The van der Waals surface area contributed by atoms with Gasteiger partial charge in [-0.3, -0.25) is 4.79 Å². The van der Waals surface area contributed by atoms with Gasteiger partial charge in [0.1, 0.15) is 11.9 Å². The Bertz CT molecular complexity index is 718. The van der Waals surface area contributed by atoms with E-state index in [2.05, 4.69) is 21.2 Å². The summed E-state index contributed by atoms with van der Waals surface area (Å²) >= 11 is 3.37. The third kappa shape index (κ3) is 5.45. The lowest BCUT2D eigenvalue weighted by molar-refractivity contribution is -0.145. The molecule has 2 aromatic rings. The normalized spacial score (nSPS) is 11.6. The van der Waals surface area contributed by atoms with Crippen LogP contribution >= 0.6 is 15.9 Å². The minimum absolute atomic E-state index is 0.0618. The third-order valence-electron chi connectivity index (χ3n) is 3.43. The highest BCUT2D eigenvalue weighted by Crippen LogP contribution is 2.14. The molecule has 0 aromatic heterocycles. The van der Waals surface area contributed by atoms with Crippen LogP contribution in [-0.2, 0) is 27.2 Å². The number of hydrogen-bond donors (Lipinski definition) is 1. The van der Waals surface area contributed by atoms with Crippen molar-refractivity contribution in [2.75, 3.05) is 7.11 Å². The molecule has 6 heteroatoms. The van der Waals surface area contributed by atoms with Crippen LogP contribution in [0.1, 0.15) is 11.1 Å². The van der Waals surface area contributed by atoms with Crippen LogP contribution in [-0.4, -0.2) is 25.0 Å². The fourth-order valence-electron chi connectivity index (χ4n) is 2.27. The Morgan fingerprint density at radius 3 is 2.50 bits per heavy atom. The lowest BCUT2D eigenvalue weighted by Crippen LogP contribution is -2.43. The van der Waals surface area contributed by atoms with Crippen molar-refractivity contribution in [3.63, 3.8) is 0 Å². The zero-order valence-corrected chi connectivity index (χ0v) is 14.7. The summed E-state index contributed by atoms with van der Waals surface area (Å²) in [5.41, 5.74) is 1.56. The van der Waals surface area contributed by atoms with Gasteiger partial charge in [0.05, 0.1) is 13.5 Å². The molecule has 0 spiro atoms. The van der Waals surface area contributed by atoms with Gasteiger partial charge in [0.2, 0.25) is 5.91 Å². The molecule has 1 N–H and O–H groups in total. The first-order valence-electron chi connectivity index (χ1n) is 7.34. The molecule has 0 saturated carbocycles. The lowest BCUT2D eigenvalue weighted by Gasteiger charge is -2.17. The zero-order valence-electron chi connectivity index (χ0n) is 13.1. The summed E-state index contributed by atoms with van der Waals surface area (Å²) in [5, 5.41) is 2.68. The van der Waals surface area contributed by atoms with Crippen molar-refractivity contribution in [2.24, 2.45) is 0 Å². The van der Waals surface area contributed by atoms with Gasteiger partial charge >= 0.3 is 5.97 Å². The van der Waals surface area contributed by atoms with E-state index in [1.165, 1.54) is 31.4 Å². The fraction of sp³-hybridized carbons (Fsp3) is 0.222. The maximum atomic E-state index is 12.9. The van der Waals surface area contributed by atoms with E-state index in [9.17, 15) is 14.0 Å². The number of rotatable bonds is 6. The Balaban J connectivity index is 2.03. The Kier molecular flexibility index (Phi) is 6.49. The van der Waals surface area contributed by atoms with Gasteiger partial charge in [-0.05, 0) is 35.4 Å². The number of halogens is 2. The first-order valence-corrected chi connectivity index (χ1v) is 8.13. The molecule has 0 fully saturated rings. The van der Waals surface area contributed by atoms with Crippen molar-refractivity contribution in [1.82, 2.24) is 5.32 Å². The number of carbonyl (C=O) groups is 2. The highest BCUT2D eigenvalue weighted by molar-refractivity contribution is 9.10. The van der Waals surface area contributed by atoms with E-state index in [4.69, 9.17) is 4.74 Å². The largest absolute Gasteiger partial charge is 0.467 e. The van der Waals surface area contributed by atoms with Crippen LogP contribution in [0.15, 0.2) is 53.0 Å². The van der Waals surface area contributed by atoms with Crippen LogP contribution < -0.4 is 5.32 Å². The van der Waals surface area contributed by atoms with Gasteiger partial charge in [-0.1, -0.05) is 40.2 Å². The van der Waals surface area contributed by atoms with Crippen LogP contribution in [0.2, 0.25) is 0 Å². The van der Waals surface area contributed by atoms with E-state index in [1.807, 2.05) is 24.3 Å². The number of amides is 1. The average Bonchev–Trinajstić information content (AvgIpc) is 2.55. The van der Waals surface area contributed by atoms with Crippen molar-refractivity contribution in [3.8, 4) is 0 Å². The summed E-state index contributed by atoms with van der Waals surface area (Å²) < 4.78 is 18.6. The quantitative estimate of drug-likeness (QED) is 0.767. The van der Waals surface area contributed by atoms with Gasteiger partial charge in [0.25, 0.3) is 0 Å². The number of ether oxygens (including phenoxy) is 1. The fourth-order valence-corrected chi connectivity index (χ4v) is 2.71. The van der Waals surface area contributed by atoms with E-state index >= 15 is 0 Å². The Labute approximate surface area is 148 Å². The Hall–Kier alpha value is -2.21. The second-order valence-corrected chi connectivity index (χ2v) is 6.20. The Morgan fingerprint density at radius 2 is 1.88 bits per heavy atom. The molecule has 0 heterocycles. The van der Waals surface area contributed by atoms with Crippen LogP contribution in [0, 0.1) is 5.82 Å². The summed E-state index contributed by atoms with van der Waals surface area (Å²) in [6.45, 7) is 0. The summed E-state index contributed by atoms with van der Waals surface area (Å²) in [4.78, 5) is 24.1. The number of benzene rings is 2. The SMILES string of the molecule is COC(=O)[C@H](Cc1cccc(Br)c1)NC(=O)Cc1ccc(F)cc1. The standard InChI is InChI=1S/C18H17BrFNO3/c1-24-18(23)16(10-13-3-2-4-14(19)9-13)21-17(22)11-12-5-7-15(20)8-6-12/h2-9,16H,10-11H2,1H3,(H,21,22)/t16-/m0/s1. The molecule has 1 amide bonds. The molecule has 0 aliphatic carbocycles. The molecule has 0 radical (unpaired) electrons. The lowest BCUT2D eigenvalue weighted by atomic mass is 10.1. The maximum Gasteiger partial charge on any atom is 0.328 e. The second kappa shape index (κ2) is 8.59. The molecule has 0 aliphatic rings. The van der Waals surface area contributed by atoms with E-state index in [-0.39, 0.29) is 18.1 Å². The van der Waals surface area contributed by atoms with Crippen molar-refractivity contribution >= 4 is 27.8 Å². The number of hydrogen-bond acceptors (Lipinski definition) is 3. The van der Waals surface area contributed by atoms with E-state index in [1.54, 1.807) is 0 Å². The number of carbonyl (C=O) groups excluding carboxylic acids is 2. The third-order valence-corrected chi connectivity index (χ3v) is 3.92. The smallest absolute Gasteiger partial charge is 0.328 e. The van der Waals surface area contributed by atoms with Crippen LogP contribution in [0.25, 0.3) is 0 Å². The zero-order chi connectivity index (χ0) is 17.5. The minimum Gasteiger partial charge on any atom is -0.467 e. The molecule has 0 bridgehead atoms. The first kappa shape index (κ1) is 18.1. The summed E-state index contributed by atoms with van der Waals surface area (Å²) in [5.74, 6) is -1.20. The molecule has 2 aromatic carbocycles. The summed E-state index contributed by atoms with van der Waals surface area (Å²) in [7, 11) is 1.28. The molecular formula is C18H17BrFNO3. The van der Waals surface area contributed by atoms with Gasteiger partial charge in [0.15, 0.2) is 0 Å². The maximum absolute atomic E-state index is 12.9. The molecular weight excluding hydrogens is 377 g/mol. The van der Waals surface area contributed by atoms with Crippen LogP contribution in [0.3, 0.4) is 0 Å². The highest BCUT2D eigenvalue weighted by Gasteiger charge is 2.22. The predicted octanol–water partition coefficient (Wildman–Crippen LogP) is 3.03. The summed E-state index contributed by atoms with van der Waals surface area (Å²) in [6.07, 6.45) is 0.382. The van der Waals surface area contributed by atoms with Gasteiger partial charge in [-0.2, -0.15) is 0 Å². The number of esters is 1. The van der Waals surface area contributed by atoms with Crippen molar-refractivity contribution in [2.45, 2.75) is 18.9 Å². The molecule has 4 nitrogen and oxygen atoms in total.